The molecule has 0 spiro atoms. The number of ketones is 1. The molecule has 0 N–H and O–H groups in total. The molecule has 1 heterocycles. The molecule has 0 atom stereocenters. The highest BCUT2D eigenvalue weighted by Gasteiger charge is 2.40. The van der Waals surface area contributed by atoms with Crippen LogP contribution in [0.5, 0.6) is 0 Å². The molecule has 100 valence electrons. The summed E-state index contributed by atoms with van der Waals surface area (Å²) in [5.74, 6) is -0.0543. The van der Waals surface area contributed by atoms with E-state index >= 15 is 0 Å². The van der Waals surface area contributed by atoms with Crippen molar-refractivity contribution < 1.29 is 9.53 Å². The van der Waals surface area contributed by atoms with E-state index in [1.807, 2.05) is 24.3 Å². The van der Waals surface area contributed by atoms with Gasteiger partial charge in [0, 0.05) is 18.8 Å². The monoisotopic (exact) mass is 257 g/mol. The van der Waals surface area contributed by atoms with Gasteiger partial charge in [0.1, 0.15) is 5.41 Å². The summed E-state index contributed by atoms with van der Waals surface area (Å²) in [6, 6.07) is 9.90. The Morgan fingerprint density at radius 3 is 2.47 bits per heavy atom. The van der Waals surface area contributed by atoms with Gasteiger partial charge in [-0.05, 0) is 24.8 Å². The number of Topliss-reactive ketones (excluding diaryl/α,β-unsaturated/α-hetero) is 1. The molecule has 0 aliphatic carbocycles. The number of carbonyl (C=O) groups is 1. The van der Waals surface area contributed by atoms with E-state index in [1.165, 1.54) is 5.56 Å². The lowest BCUT2D eigenvalue weighted by Crippen LogP contribution is -2.36. The summed E-state index contributed by atoms with van der Waals surface area (Å²) in [7, 11) is 0. The van der Waals surface area contributed by atoms with Crippen LogP contribution in [0.1, 0.15) is 42.1 Å². The molecule has 1 aromatic carbocycles. The summed E-state index contributed by atoms with van der Waals surface area (Å²) in [5.41, 5.74) is 0.991. The van der Waals surface area contributed by atoms with Crippen molar-refractivity contribution in [3.05, 3.63) is 35.4 Å². The zero-order valence-electron chi connectivity index (χ0n) is 11.3. The van der Waals surface area contributed by atoms with Crippen LogP contribution in [0.4, 0.5) is 0 Å². The molecule has 2 rings (SSSR count). The van der Waals surface area contributed by atoms with Crippen LogP contribution in [0.15, 0.2) is 24.3 Å². The standard InChI is InChI=1S/C16H19NO2/c1-2-3-13-4-6-14(7-5-13)15(18)16(12-17)8-10-19-11-9-16/h4-7H,2-3,8-11H2,1H3. The first-order valence-corrected chi connectivity index (χ1v) is 6.84. The van der Waals surface area contributed by atoms with Crippen LogP contribution in [0.25, 0.3) is 0 Å². The lowest BCUT2D eigenvalue weighted by atomic mass is 9.75. The fourth-order valence-electron chi connectivity index (χ4n) is 2.50. The number of aryl methyl sites for hydroxylation is 1. The van der Waals surface area contributed by atoms with E-state index in [9.17, 15) is 10.1 Å². The molecule has 1 aromatic rings. The minimum atomic E-state index is -0.884. The fraction of sp³-hybridized carbons (Fsp3) is 0.500. The van der Waals surface area contributed by atoms with Crippen molar-refractivity contribution in [2.24, 2.45) is 5.41 Å². The van der Waals surface area contributed by atoms with Gasteiger partial charge in [-0.3, -0.25) is 4.79 Å². The lowest BCUT2D eigenvalue weighted by Gasteiger charge is -2.29. The average Bonchev–Trinajstić information content (AvgIpc) is 2.48. The number of benzene rings is 1. The smallest absolute Gasteiger partial charge is 0.183 e. The summed E-state index contributed by atoms with van der Waals surface area (Å²) in [5, 5.41) is 9.39. The van der Waals surface area contributed by atoms with Gasteiger partial charge in [-0.1, -0.05) is 37.6 Å². The number of ether oxygens (including phenoxy) is 1. The van der Waals surface area contributed by atoms with Gasteiger partial charge in [0.25, 0.3) is 0 Å². The second-order valence-corrected chi connectivity index (χ2v) is 5.08. The molecule has 3 nitrogen and oxygen atoms in total. The largest absolute Gasteiger partial charge is 0.381 e. The second-order valence-electron chi connectivity index (χ2n) is 5.08. The zero-order valence-corrected chi connectivity index (χ0v) is 11.3. The molecule has 0 radical (unpaired) electrons. The SMILES string of the molecule is CCCc1ccc(C(=O)C2(C#N)CCOCC2)cc1. The average molecular weight is 257 g/mol. The first kappa shape index (κ1) is 13.8. The Morgan fingerprint density at radius 1 is 1.32 bits per heavy atom. The lowest BCUT2D eigenvalue weighted by molar-refractivity contribution is 0.0355. The van der Waals surface area contributed by atoms with E-state index in [0.717, 1.165) is 12.8 Å². The summed E-state index contributed by atoms with van der Waals surface area (Å²) >= 11 is 0. The minimum Gasteiger partial charge on any atom is -0.381 e. The molecular weight excluding hydrogens is 238 g/mol. The molecule has 0 unspecified atom stereocenters. The van der Waals surface area contributed by atoms with Gasteiger partial charge in [0.2, 0.25) is 0 Å². The third kappa shape index (κ3) is 2.85. The maximum atomic E-state index is 12.5. The highest BCUT2D eigenvalue weighted by molar-refractivity contribution is 6.02. The van der Waals surface area contributed by atoms with Crippen molar-refractivity contribution in [1.82, 2.24) is 0 Å². The molecule has 0 amide bonds. The van der Waals surface area contributed by atoms with Crippen molar-refractivity contribution in [2.45, 2.75) is 32.6 Å². The minimum absolute atomic E-state index is 0.0543. The van der Waals surface area contributed by atoms with Gasteiger partial charge in [0.15, 0.2) is 5.78 Å². The van der Waals surface area contributed by atoms with Crippen LogP contribution in [-0.4, -0.2) is 19.0 Å². The van der Waals surface area contributed by atoms with E-state index in [-0.39, 0.29) is 5.78 Å². The van der Waals surface area contributed by atoms with Gasteiger partial charge in [-0.15, -0.1) is 0 Å². The van der Waals surface area contributed by atoms with Gasteiger partial charge < -0.3 is 4.74 Å². The molecule has 0 aromatic heterocycles. The molecule has 1 aliphatic heterocycles. The molecule has 19 heavy (non-hydrogen) atoms. The van der Waals surface area contributed by atoms with Crippen LogP contribution in [0, 0.1) is 16.7 Å². The van der Waals surface area contributed by atoms with E-state index < -0.39 is 5.41 Å². The summed E-state index contributed by atoms with van der Waals surface area (Å²) < 4.78 is 5.26. The van der Waals surface area contributed by atoms with Crippen molar-refractivity contribution in [1.29, 1.82) is 5.26 Å². The Morgan fingerprint density at radius 2 is 1.95 bits per heavy atom. The van der Waals surface area contributed by atoms with Crippen molar-refractivity contribution in [2.75, 3.05) is 13.2 Å². The number of rotatable bonds is 4. The number of nitriles is 1. The van der Waals surface area contributed by atoms with Gasteiger partial charge in [-0.25, -0.2) is 0 Å². The van der Waals surface area contributed by atoms with Gasteiger partial charge in [-0.2, -0.15) is 5.26 Å². The Balaban J connectivity index is 2.20. The second kappa shape index (κ2) is 5.99. The van der Waals surface area contributed by atoms with Crippen molar-refractivity contribution in [3.63, 3.8) is 0 Å². The van der Waals surface area contributed by atoms with E-state index in [4.69, 9.17) is 4.74 Å². The van der Waals surface area contributed by atoms with Gasteiger partial charge >= 0.3 is 0 Å². The Kier molecular flexibility index (Phi) is 4.34. The third-order valence-electron chi connectivity index (χ3n) is 3.75. The molecule has 1 aliphatic rings. The highest BCUT2D eigenvalue weighted by atomic mass is 16.5. The highest BCUT2D eigenvalue weighted by Crippen LogP contribution is 2.33. The van der Waals surface area contributed by atoms with Crippen LogP contribution in [-0.2, 0) is 11.2 Å². The molecule has 0 saturated carbocycles. The van der Waals surface area contributed by atoms with Crippen LogP contribution >= 0.6 is 0 Å². The Hall–Kier alpha value is -1.66. The van der Waals surface area contributed by atoms with Crippen LogP contribution in [0.3, 0.4) is 0 Å². The van der Waals surface area contributed by atoms with Gasteiger partial charge in [0.05, 0.1) is 6.07 Å². The van der Waals surface area contributed by atoms with E-state index in [0.29, 0.717) is 31.6 Å². The third-order valence-corrected chi connectivity index (χ3v) is 3.75. The normalized spacial score (nSPS) is 17.7. The van der Waals surface area contributed by atoms with Crippen molar-refractivity contribution >= 4 is 5.78 Å². The number of hydrogen-bond donors (Lipinski definition) is 0. The Labute approximate surface area is 114 Å². The summed E-state index contributed by atoms with van der Waals surface area (Å²) in [4.78, 5) is 12.5. The fourth-order valence-corrected chi connectivity index (χ4v) is 2.50. The molecule has 3 heteroatoms. The summed E-state index contributed by atoms with van der Waals surface area (Å²) in [6.45, 7) is 3.12. The van der Waals surface area contributed by atoms with E-state index in [1.54, 1.807) is 0 Å². The number of hydrogen-bond acceptors (Lipinski definition) is 3. The van der Waals surface area contributed by atoms with Crippen LogP contribution in [0.2, 0.25) is 0 Å². The Bertz CT molecular complexity index is 478. The summed E-state index contributed by atoms with van der Waals surface area (Å²) in [6.07, 6.45) is 3.11. The van der Waals surface area contributed by atoms with Crippen molar-refractivity contribution in [3.8, 4) is 6.07 Å². The quantitative estimate of drug-likeness (QED) is 0.778. The van der Waals surface area contributed by atoms with E-state index in [2.05, 4.69) is 13.0 Å². The first-order valence-electron chi connectivity index (χ1n) is 6.84. The predicted octanol–water partition coefficient (Wildman–Crippen LogP) is 3.14. The molecule has 1 fully saturated rings. The molecular formula is C16H19NO2. The number of carbonyl (C=O) groups excluding carboxylic acids is 1. The van der Waals surface area contributed by atoms with Crippen LogP contribution < -0.4 is 0 Å². The maximum Gasteiger partial charge on any atom is 0.183 e. The predicted molar refractivity (Wildman–Crippen MR) is 72.9 cm³/mol. The topological polar surface area (TPSA) is 50.1 Å². The molecule has 0 bridgehead atoms. The molecule has 1 saturated heterocycles. The maximum absolute atomic E-state index is 12.5. The first-order chi connectivity index (χ1) is 9.22. The number of nitrogens with zero attached hydrogens (tertiary/aromatic N) is 1. The zero-order chi connectivity index (χ0) is 13.7.